The molecule has 180 valence electrons. The molecule has 0 aromatic heterocycles. The van der Waals surface area contributed by atoms with E-state index < -0.39 is 0 Å². The van der Waals surface area contributed by atoms with Crippen molar-refractivity contribution in [3.63, 3.8) is 0 Å². The van der Waals surface area contributed by atoms with Crippen molar-refractivity contribution in [2.24, 2.45) is 0 Å². The number of benzene rings is 2. The highest BCUT2D eigenvalue weighted by Gasteiger charge is 2.30. The molecule has 1 fully saturated rings. The average Bonchev–Trinajstić information content (AvgIpc) is 3.28. The number of carbonyl (C=O) groups is 1. The highest BCUT2D eigenvalue weighted by Crippen LogP contribution is 2.41. The fraction of sp³-hybridized carbons (Fsp3) is 0.346. The number of anilines is 1. The first kappa shape index (κ1) is 24.0. The number of allylic oxidation sites excluding steroid dienone is 1. The van der Waals surface area contributed by atoms with Crippen molar-refractivity contribution in [2.75, 3.05) is 52.9 Å². The molecule has 1 aliphatic heterocycles. The summed E-state index contributed by atoms with van der Waals surface area (Å²) in [5.74, 6) is 1.30. The Balaban J connectivity index is 1.68. The number of hydrogen-bond donors (Lipinski definition) is 1. The van der Waals surface area contributed by atoms with Gasteiger partial charge in [-0.05, 0) is 42.2 Å². The third kappa shape index (κ3) is 5.16. The molecule has 2 aliphatic rings. The van der Waals surface area contributed by atoms with Crippen LogP contribution in [0.15, 0.2) is 53.2 Å². The van der Waals surface area contributed by atoms with Gasteiger partial charge in [0.25, 0.3) is 5.91 Å². The number of ether oxygens (including phenoxy) is 4. The van der Waals surface area contributed by atoms with Crippen LogP contribution in [0.25, 0.3) is 6.08 Å². The molecule has 2 aromatic rings. The molecule has 7 nitrogen and oxygen atoms in total. The molecule has 34 heavy (non-hydrogen) atoms. The van der Waals surface area contributed by atoms with E-state index in [-0.39, 0.29) is 5.91 Å². The standard InChI is InChI=1S/C26H29ClN2O5/c1-31-22-15-20(16-23(32-2)25(22)33-3)28-26(30)21-9-6-18(14-17-4-7-19(27)8-5-17)24(21)29-10-12-34-13-11-29/h4-5,7-8,14-16H,6,9-13H2,1-3H3,(H,28,30)/b18-14+. The largest absolute Gasteiger partial charge is 0.493 e. The molecule has 1 aliphatic carbocycles. The number of morpholine rings is 1. The summed E-state index contributed by atoms with van der Waals surface area (Å²) >= 11 is 6.05. The lowest BCUT2D eigenvalue weighted by Gasteiger charge is -2.31. The third-order valence-electron chi connectivity index (χ3n) is 5.97. The van der Waals surface area contributed by atoms with Gasteiger partial charge in [0.05, 0.1) is 34.5 Å². The maximum Gasteiger partial charge on any atom is 0.253 e. The lowest BCUT2D eigenvalue weighted by molar-refractivity contribution is -0.113. The first-order valence-corrected chi connectivity index (χ1v) is 11.6. The first-order chi connectivity index (χ1) is 16.5. The van der Waals surface area contributed by atoms with Gasteiger partial charge in [0.2, 0.25) is 5.75 Å². The van der Waals surface area contributed by atoms with Crippen LogP contribution in [0.5, 0.6) is 17.2 Å². The first-order valence-electron chi connectivity index (χ1n) is 11.2. The zero-order chi connectivity index (χ0) is 24.1. The molecule has 0 bridgehead atoms. The second-order valence-electron chi connectivity index (χ2n) is 8.02. The summed E-state index contributed by atoms with van der Waals surface area (Å²) < 4.78 is 21.8. The molecule has 0 unspecified atom stereocenters. The third-order valence-corrected chi connectivity index (χ3v) is 6.22. The number of nitrogens with zero attached hydrogens (tertiary/aromatic N) is 1. The molecular formula is C26H29ClN2O5. The van der Waals surface area contributed by atoms with Gasteiger partial charge < -0.3 is 29.2 Å². The van der Waals surface area contributed by atoms with Gasteiger partial charge in [-0.3, -0.25) is 4.79 Å². The van der Waals surface area contributed by atoms with Gasteiger partial charge in [0.1, 0.15) is 0 Å². The van der Waals surface area contributed by atoms with Gasteiger partial charge >= 0.3 is 0 Å². The van der Waals surface area contributed by atoms with E-state index in [4.69, 9.17) is 30.5 Å². The molecule has 4 rings (SSSR count). The minimum atomic E-state index is -0.143. The summed E-state index contributed by atoms with van der Waals surface area (Å²) in [5, 5.41) is 3.73. The predicted octanol–water partition coefficient (Wildman–Crippen LogP) is 4.77. The molecule has 8 heteroatoms. The Morgan fingerprint density at radius 2 is 1.65 bits per heavy atom. The van der Waals surface area contributed by atoms with Gasteiger partial charge in [-0.25, -0.2) is 0 Å². The molecule has 1 saturated heterocycles. The monoisotopic (exact) mass is 484 g/mol. The average molecular weight is 485 g/mol. The molecule has 0 spiro atoms. The molecule has 1 heterocycles. The van der Waals surface area contributed by atoms with E-state index in [0.717, 1.165) is 41.9 Å². The van der Waals surface area contributed by atoms with Gasteiger partial charge in [0, 0.05) is 47.2 Å². The number of rotatable bonds is 7. The predicted molar refractivity (Wildman–Crippen MR) is 133 cm³/mol. The van der Waals surface area contributed by atoms with Crippen LogP contribution in [0.3, 0.4) is 0 Å². The van der Waals surface area contributed by atoms with E-state index in [2.05, 4.69) is 16.3 Å². The van der Waals surface area contributed by atoms with Gasteiger partial charge in [-0.2, -0.15) is 0 Å². The van der Waals surface area contributed by atoms with Crippen LogP contribution in [0.4, 0.5) is 5.69 Å². The lowest BCUT2D eigenvalue weighted by Crippen LogP contribution is -2.36. The molecule has 0 atom stereocenters. The van der Waals surface area contributed by atoms with E-state index in [0.29, 0.717) is 47.6 Å². The molecule has 2 aromatic carbocycles. The van der Waals surface area contributed by atoms with Gasteiger partial charge in [-0.15, -0.1) is 0 Å². The van der Waals surface area contributed by atoms with Crippen LogP contribution in [0.1, 0.15) is 18.4 Å². The van der Waals surface area contributed by atoms with Crippen LogP contribution >= 0.6 is 11.6 Å². The number of hydrogen-bond acceptors (Lipinski definition) is 6. The van der Waals surface area contributed by atoms with E-state index in [1.807, 2.05) is 24.3 Å². The second-order valence-corrected chi connectivity index (χ2v) is 8.45. The zero-order valence-corrected chi connectivity index (χ0v) is 20.4. The number of carbonyl (C=O) groups excluding carboxylic acids is 1. The van der Waals surface area contributed by atoms with Crippen LogP contribution in [-0.2, 0) is 9.53 Å². The van der Waals surface area contributed by atoms with Crippen LogP contribution in [0.2, 0.25) is 5.02 Å². The molecule has 0 radical (unpaired) electrons. The van der Waals surface area contributed by atoms with Crippen LogP contribution in [-0.4, -0.2) is 58.4 Å². The summed E-state index contributed by atoms with van der Waals surface area (Å²) in [6, 6.07) is 11.2. The molecule has 1 amide bonds. The van der Waals surface area contributed by atoms with E-state index in [9.17, 15) is 4.79 Å². The number of methoxy groups -OCH3 is 3. The van der Waals surface area contributed by atoms with Crippen molar-refractivity contribution in [2.45, 2.75) is 12.8 Å². The maximum atomic E-state index is 13.5. The lowest BCUT2D eigenvalue weighted by atomic mass is 10.1. The smallest absolute Gasteiger partial charge is 0.253 e. The van der Waals surface area contributed by atoms with Crippen molar-refractivity contribution < 1.29 is 23.7 Å². The minimum Gasteiger partial charge on any atom is -0.493 e. The van der Waals surface area contributed by atoms with Crippen molar-refractivity contribution in [1.29, 1.82) is 0 Å². The fourth-order valence-corrected chi connectivity index (χ4v) is 4.48. The second kappa shape index (κ2) is 10.8. The SMILES string of the molecule is COc1cc(NC(=O)C2=C(N3CCOCC3)/C(=C/c3ccc(Cl)cc3)CC2)cc(OC)c1OC. The highest BCUT2D eigenvalue weighted by atomic mass is 35.5. The summed E-state index contributed by atoms with van der Waals surface area (Å²) in [7, 11) is 4.64. The van der Waals surface area contributed by atoms with Crippen molar-refractivity contribution in [1.82, 2.24) is 4.90 Å². The van der Waals surface area contributed by atoms with E-state index in [1.165, 1.54) is 0 Å². The quantitative estimate of drug-likeness (QED) is 0.610. The summed E-state index contributed by atoms with van der Waals surface area (Å²) in [5.41, 5.74) is 4.51. The Hall–Kier alpha value is -3.16. The van der Waals surface area contributed by atoms with E-state index in [1.54, 1.807) is 33.5 Å². The number of halogens is 1. The maximum absolute atomic E-state index is 13.5. The highest BCUT2D eigenvalue weighted by molar-refractivity contribution is 6.30. The Kier molecular flexibility index (Phi) is 7.65. The minimum absolute atomic E-state index is 0.143. The topological polar surface area (TPSA) is 69.3 Å². The fourth-order valence-electron chi connectivity index (χ4n) is 4.35. The summed E-state index contributed by atoms with van der Waals surface area (Å²) in [6.45, 7) is 2.77. The van der Waals surface area contributed by atoms with Gasteiger partial charge in [0.15, 0.2) is 11.5 Å². The molecule has 1 N–H and O–H groups in total. The Bertz CT molecular complexity index is 1080. The zero-order valence-electron chi connectivity index (χ0n) is 19.7. The summed E-state index contributed by atoms with van der Waals surface area (Å²) in [4.78, 5) is 15.7. The Morgan fingerprint density at radius 1 is 1.00 bits per heavy atom. The van der Waals surface area contributed by atoms with Crippen molar-refractivity contribution in [3.8, 4) is 17.2 Å². The summed E-state index contributed by atoms with van der Waals surface area (Å²) in [6.07, 6.45) is 3.58. The van der Waals surface area contributed by atoms with Crippen LogP contribution in [0, 0.1) is 0 Å². The van der Waals surface area contributed by atoms with Gasteiger partial charge in [-0.1, -0.05) is 23.7 Å². The number of amides is 1. The molecule has 0 saturated carbocycles. The molecular weight excluding hydrogens is 456 g/mol. The Morgan fingerprint density at radius 3 is 2.24 bits per heavy atom. The van der Waals surface area contributed by atoms with Crippen LogP contribution < -0.4 is 19.5 Å². The number of nitrogens with one attached hydrogen (secondary N) is 1. The van der Waals surface area contributed by atoms with E-state index >= 15 is 0 Å². The normalized spacial score (nSPS) is 17.2. The Labute approximate surface area is 204 Å². The van der Waals surface area contributed by atoms with Crippen molar-refractivity contribution in [3.05, 3.63) is 63.8 Å². The van der Waals surface area contributed by atoms with Crippen molar-refractivity contribution >= 4 is 29.3 Å².